The normalized spacial score (nSPS) is 14.5. The Morgan fingerprint density at radius 1 is 1.05 bits per heavy atom. The van der Waals surface area contributed by atoms with Crippen molar-refractivity contribution in [2.24, 2.45) is 0 Å². The molecule has 0 unspecified atom stereocenters. The predicted molar refractivity (Wildman–Crippen MR) is 78.8 cm³/mol. The first kappa shape index (κ1) is 12.7. The van der Waals surface area contributed by atoms with Crippen molar-refractivity contribution < 1.29 is 8.42 Å². The molecule has 3 nitrogen and oxygen atoms in total. The summed E-state index contributed by atoms with van der Waals surface area (Å²) in [6.45, 7) is 0.503. The maximum atomic E-state index is 12.6. The molecule has 0 atom stereocenters. The fourth-order valence-electron chi connectivity index (χ4n) is 2.31. The smallest absolute Gasteiger partial charge is 0.264 e. The molecule has 0 N–H and O–H groups in total. The van der Waals surface area contributed by atoms with Gasteiger partial charge in [0.1, 0.15) is 0 Å². The van der Waals surface area contributed by atoms with Crippen LogP contribution in [0.3, 0.4) is 0 Å². The van der Waals surface area contributed by atoms with Gasteiger partial charge in [0.2, 0.25) is 0 Å². The number of benzene rings is 2. The van der Waals surface area contributed by atoms with Crippen LogP contribution in [0.1, 0.15) is 5.56 Å². The molecule has 0 radical (unpaired) electrons. The van der Waals surface area contributed by atoms with E-state index in [0.717, 1.165) is 22.1 Å². The van der Waals surface area contributed by atoms with Crippen molar-refractivity contribution in [2.45, 2.75) is 11.3 Å². The van der Waals surface area contributed by atoms with Gasteiger partial charge in [0, 0.05) is 11.0 Å². The molecule has 2 aromatic rings. The van der Waals surface area contributed by atoms with Crippen LogP contribution >= 0.6 is 15.9 Å². The highest BCUT2D eigenvalue weighted by atomic mass is 79.9. The first-order valence-corrected chi connectivity index (χ1v) is 8.18. The summed E-state index contributed by atoms with van der Waals surface area (Å²) in [5.41, 5.74) is 1.85. The van der Waals surface area contributed by atoms with Crippen LogP contribution in [0, 0.1) is 0 Å². The summed E-state index contributed by atoms with van der Waals surface area (Å²) in [7, 11) is -3.45. The largest absolute Gasteiger partial charge is 0.266 e. The highest BCUT2D eigenvalue weighted by Crippen LogP contribution is 2.34. The lowest BCUT2D eigenvalue weighted by Gasteiger charge is -2.19. The van der Waals surface area contributed by atoms with Gasteiger partial charge in [0.15, 0.2) is 0 Å². The first-order valence-electron chi connectivity index (χ1n) is 5.95. The molecule has 98 valence electrons. The number of hydrogen-bond donors (Lipinski definition) is 0. The zero-order valence-electron chi connectivity index (χ0n) is 10.1. The molecule has 0 aromatic heterocycles. The molecular formula is C14H12BrNO2S. The molecule has 0 saturated carbocycles. The van der Waals surface area contributed by atoms with Gasteiger partial charge >= 0.3 is 0 Å². The minimum atomic E-state index is -3.45. The Labute approximate surface area is 121 Å². The van der Waals surface area contributed by atoms with Gasteiger partial charge in [-0.15, -0.1) is 0 Å². The summed E-state index contributed by atoms with van der Waals surface area (Å²) in [6, 6.07) is 14.3. The van der Waals surface area contributed by atoms with Gasteiger partial charge in [0.05, 0.1) is 10.6 Å². The Bertz CT molecular complexity index is 713. The second-order valence-electron chi connectivity index (χ2n) is 4.41. The SMILES string of the molecule is O=S(=O)(c1ccccc1)N1CCc2cc(Br)ccc21. The van der Waals surface area contributed by atoms with Crippen molar-refractivity contribution in [3.8, 4) is 0 Å². The van der Waals surface area contributed by atoms with E-state index in [0.29, 0.717) is 11.4 Å². The maximum Gasteiger partial charge on any atom is 0.264 e. The van der Waals surface area contributed by atoms with E-state index in [9.17, 15) is 8.42 Å². The van der Waals surface area contributed by atoms with Crippen molar-refractivity contribution in [2.75, 3.05) is 10.8 Å². The van der Waals surface area contributed by atoms with Crippen LogP contribution in [0.15, 0.2) is 57.9 Å². The third-order valence-electron chi connectivity index (χ3n) is 3.23. The van der Waals surface area contributed by atoms with Crippen molar-refractivity contribution in [1.29, 1.82) is 0 Å². The average Bonchev–Trinajstić information content (AvgIpc) is 2.83. The first-order chi connectivity index (χ1) is 9.09. The van der Waals surface area contributed by atoms with E-state index in [2.05, 4.69) is 15.9 Å². The van der Waals surface area contributed by atoms with Crippen molar-refractivity contribution in [1.82, 2.24) is 0 Å². The number of sulfonamides is 1. The molecule has 1 heterocycles. The number of hydrogen-bond acceptors (Lipinski definition) is 2. The van der Waals surface area contributed by atoms with E-state index < -0.39 is 10.0 Å². The molecule has 2 aromatic carbocycles. The van der Waals surface area contributed by atoms with E-state index in [-0.39, 0.29) is 0 Å². The standard InChI is InChI=1S/C14H12BrNO2S/c15-12-6-7-14-11(10-12)8-9-16(14)19(17,18)13-4-2-1-3-5-13/h1-7,10H,8-9H2. The second kappa shape index (κ2) is 4.65. The Balaban J connectivity index is 2.07. The summed E-state index contributed by atoms with van der Waals surface area (Å²) >= 11 is 3.41. The Morgan fingerprint density at radius 2 is 1.79 bits per heavy atom. The van der Waals surface area contributed by atoms with Crippen LogP contribution in [0.2, 0.25) is 0 Å². The minimum absolute atomic E-state index is 0.339. The minimum Gasteiger partial charge on any atom is -0.266 e. The second-order valence-corrected chi connectivity index (χ2v) is 7.19. The van der Waals surface area contributed by atoms with Crippen molar-refractivity contribution >= 4 is 31.6 Å². The summed E-state index contributed by atoms with van der Waals surface area (Å²) in [5, 5.41) is 0. The fraction of sp³-hybridized carbons (Fsp3) is 0.143. The Kier molecular flexibility index (Phi) is 3.11. The molecule has 19 heavy (non-hydrogen) atoms. The van der Waals surface area contributed by atoms with Crippen LogP contribution in [-0.4, -0.2) is 15.0 Å². The van der Waals surface area contributed by atoms with E-state index >= 15 is 0 Å². The zero-order valence-corrected chi connectivity index (χ0v) is 12.5. The van der Waals surface area contributed by atoms with Crippen LogP contribution < -0.4 is 4.31 Å². The number of nitrogens with zero attached hydrogens (tertiary/aromatic N) is 1. The van der Waals surface area contributed by atoms with Crippen LogP contribution in [-0.2, 0) is 16.4 Å². The number of halogens is 1. The lowest BCUT2D eigenvalue weighted by molar-refractivity contribution is 0.592. The predicted octanol–water partition coefficient (Wildman–Crippen LogP) is 3.20. The highest BCUT2D eigenvalue weighted by molar-refractivity contribution is 9.10. The maximum absolute atomic E-state index is 12.6. The molecule has 0 fully saturated rings. The molecule has 0 saturated heterocycles. The van der Waals surface area contributed by atoms with Crippen LogP contribution in [0.25, 0.3) is 0 Å². The van der Waals surface area contributed by atoms with Crippen LogP contribution in [0.4, 0.5) is 5.69 Å². The third kappa shape index (κ3) is 2.17. The summed E-state index contributed by atoms with van der Waals surface area (Å²) in [6.07, 6.45) is 0.751. The molecule has 3 rings (SSSR count). The van der Waals surface area contributed by atoms with Crippen LogP contribution in [0.5, 0.6) is 0 Å². The van der Waals surface area contributed by atoms with Gasteiger partial charge in [-0.05, 0) is 42.3 Å². The topological polar surface area (TPSA) is 37.4 Å². The quantitative estimate of drug-likeness (QED) is 0.843. The van der Waals surface area contributed by atoms with Gasteiger partial charge in [-0.2, -0.15) is 0 Å². The summed E-state index contributed by atoms with van der Waals surface area (Å²) in [5.74, 6) is 0. The van der Waals surface area contributed by atoms with Crippen molar-refractivity contribution in [3.05, 3.63) is 58.6 Å². The Hall–Kier alpha value is -1.33. The molecule has 0 bridgehead atoms. The molecule has 0 spiro atoms. The van der Waals surface area contributed by atoms with Crippen molar-refractivity contribution in [3.63, 3.8) is 0 Å². The third-order valence-corrected chi connectivity index (χ3v) is 5.55. The summed E-state index contributed by atoms with van der Waals surface area (Å²) < 4.78 is 27.7. The highest BCUT2D eigenvalue weighted by Gasteiger charge is 2.30. The monoisotopic (exact) mass is 337 g/mol. The molecule has 5 heteroatoms. The number of fused-ring (bicyclic) bond motifs is 1. The zero-order chi connectivity index (χ0) is 13.5. The van der Waals surface area contributed by atoms with Gasteiger partial charge in [-0.3, -0.25) is 4.31 Å². The molecule has 0 amide bonds. The fourth-order valence-corrected chi connectivity index (χ4v) is 4.24. The number of anilines is 1. The Morgan fingerprint density at radius 3 is 2.53 bits per heavy atom. The van der Waals surface area contributed by atoms with Gasteiger partial charge in [-0.1, -0.05) is 34.1 Å². The van der Waals surface area contributed by atoms with Gasteiger partial charge in [-0.25, -0.2) is 8.42 Å². The van der Waals surface area contributed by atoms with E-state index in [1.54, 1.807) is 24.3 Å². The van der Waals surface area contributed by atoms with E-state index in [4.69, 9.17) is 0 Å². The average molecular weight is 338 g/mol. The lowest BCUT2D eigenvalue weighted by atomic mass is 10.2. The molecule has 1 aliphatic rings. The van der Waals surface area contributed by atoms with E-state index in [1.807, 2.05) is 24.3 Å². The molecular weight excluding hydrogens is 326 g/mol. The molecule has 1 aliphatic heterocycles. The van der Waals surface area contributed by atoms with E-state index in [1.165, 1.54) is 4.31 Å². The lowest BCUT2D eigenvalue weighted by Crippen LogP contribution is -2.28. The summed E-state index contributed by atoms with van der Waals surface area (Å²) in [4.78, 5) is 0.339. The van der Waals surface area contributed by atoms with Gasteiger partial charge < -0.3 is 0 Å². The van der Waals surface area contributed by atoms with Gasteiger partial charge in [0.25, 0.3) is 10.0 Å². The number of rotatable bonds is 2. The molecule has 0 aliphatic carbocycles.